The van der Waals surface area contributed by atoms with Crippen LogP contribution in [0.2, 0.25) is 5.02 Å². The standard InChI is InChI=1S/C24H27ClN2O5/c1-5-32-19-10-9-16(14-18(19)25)22(28)20-21(15-7-6-8-17(13-15)31-4)27(12-11-26(2)3)24(30)23(20)29/h6-10,13-14,21,28H,5,11-12H2,1-4H3/t21-/m1/s1. The monoisotopic (exact) mass is 458 g/mol. The zero-order valence-electron chi connectivity index (χ0n) is 18.6. The molecule has 8 heteroatoms. The Morgan fingerprint density at radius 3 is 2.56 bits per heavy atom. The number of hydrogen-bond acceptors (Lipinski definition) is 6. The maximum Gasteiger partial charge on any atom is 0.295 e. The van der Waals surface area contributed by atoms with E-state index in [1.807, 2.05) is 25.9 Å². The van der Waals surface area contributed by atoms with Gasteiger partial charge in [0.2, 0.25) is 0 Å². The summed E-state index contributed by atoms with van der Waals surface area (Å²) in [6.07, 6.45) is 0. The van der Waals surface area contributed by atoms with Crippen LogP contribution in [0.4, 0.5) is 0 Å². The van der Waals surface area contributed by atoms with Crippen LogP contribution < -0.4 is 9.47 Å². The summed E-state index contributed by atoms with van der Waals surface area (Å²) in [6.45, 7) is 3.16. The van der Waals surface area contributed by atoms with Crippen LogP contribution in [-0.4, -0.2) is 67.5 Å². The van der Waals surface area contributed by atoms with Crippen LogP contribution in [0.3, 0.4) is 0 Å². The number of aliphatic hydroxyl groups excluding tert-OH is 1. The number of aliphatic hydroxyl groups is 1. The van der Waals surface area contributed by atoms with Gasteiger partial charge in [0.05, 0.1) is 30.4 Å². The average Bonchev–Trinajstić information content (AvgIpc) is 3.03. The molecular formula is C24H27ClN2O5. The number of halogens is 1. The molecule has 1 saturated heterocycles. The van der Waals surface area contributed by atoms with Gasteiger partial charge in [0.25, 0.3) is 11.7 Å². The first kappa shape index (κ1) is 23.6. The van der Waals surface area contributed by atoms with Crippen molar-refractivity contribution in [1.29, 1.82) is 0 Å². The molecule has 0 bridgehead atoms. The van der Waals surface area contributed by atoms with Crippen LogP contribution in [0.15, 0.2) is 48.0 Å². The minimum absolute atomic E-state index is 0.0160. The first-order valence-corrected chi connectivity index (χ1v) is 10.7. The zero-order valence-corrected chi connectivity index (χ0v) is 19.3. The quantitative estimate of drug-likeness (QED) is 0.369. The lowest BCUT2D eigenvalue weighted by atomic mass is 9.95. The van der Waals surface area contributed by atoms with Crippen LogP contribution >= 0.6 is 11.6 Å². The minimum Gasteiger partial charge on any atom is -0.507 e. The van der Waals surface area contributed by atoms with Crippen molar-refractivity contribution < 1.29 is 24.2 Å². The van der Waals surface area contributed by atoms with Crippen molar-refractivity contribution in [2.45, 2.75) is 13.0 Å². The SMILES string of the molecule is CCOc1ccc(C(O)=C2C(=O)C(=O)N(CCN(C)C)[C@@H]2c2cccc(OC)c2)cc1Cl. The summed E-state index contributed by atoms with van der Waals surface area (Å²) in [6, 6.07) is 11.1. The fourth-order valence-corrected chi connectivity index (χ4v) is 3.89. The van der Waals surface area contributed by atoms with Gasteiger partial charge in [-0.2, -0.15) is 0 Å². The summed E-state index contributed by atoms with van der Waals surface area (Å²) in [4.78, 5) is 29.4. The first-order valence-electron chi connectivity index (χ1n) is 10.3. The van der Waals surface area contributed by atoms with E-state index in [2.05, 4.69) is 0 Å². The molecular weight excluding hydrogens is 432 g/mol. The molecule has 1 atom stereocenters. The number of amides is 1. The van der Waals surface area contributed by atoms with Crippen molar-refractivity contribution in [2.24, 2.45) is 0 Å². The lowest BCUT2D eigenvalue weighted by Gasteiger charge is -2.26. The Bertz CT molecular complexity index is 1050. The van der Waals surface area contributed by atoms with Gasteiger partial charge < -0.3 is 24.4 Å². The summed E-state index contributed by atoms with van der Waals surface area (Å²) in [7, 11) is 5.32. The Hall–Kier alpha value is -3.03. The predicted octanol–water partition coefficient (Wildman–Crippen LogP) is 3.73. The molecule has 1 aliphatic heterocycles. The third-order valence-corrected chi connectivity index (χ3v) is 5.54. The number of nitrogens with zero attached hydrogens (tertiary/aromatic N) is 2. The third kappa shape index (κ3) is 4.74. The topological polar surface area (TPSA) is 79.3 Å². The van der Waals surface area contributed by atoms with E-state index in [4.69, 9.17) is 21.1 Å². The maximum absolute atomic E-state index is 13.1. The van der Waals surface area contributed by atoms with Gasteiger partial charge in [-0.3, -0.25) is 9.59 Å². The van der Waals surface area contributed by atoms with Gasteiger partial charge in [-0.1, -0.05) is 23.7 Å². The summed E-state index contributed by atoms with van der Waals surface area (Å²) < 4.78 is 10.8. The van der Waals surface area contributed by atoms with E-state index in [1.165, 1.54) is 11.0 Å². The van der Waals surface area contributed by atoms with E-state index in [-0.39, 0.29) is 11.3 Å². The highest BCUT2D eigenvalue weighted by Gasteiger charge is 2.46. The van der Waals surface area contributed by atoms with Gasteiger partial charge in [-0.15, -0.1) is 0 Å². The van der Waals surface area contributed by atoms with Crippen molar-refractivity contribution >= 4 is 29.1 Å². The van der Waals surface area contributed by atoms with Gasteiger partial charge in [-0.25, -0.2) is 0 Å². The molecule has 0 spiro atoms. The highest BCUT2D eigenvalue weighted by molar-refractivity contribution is 6.46. The number of rotatable bonds is 8. The molecule has 1 heterocycles. The Labute approximate surface area is 192 Å². The van der Waals surface area contributed by atoms with Crippen LogP contribution in [0.1, 0.15) is 24.1 Å². The molecule has 7 nitrogen and oxygen atoms in total. The molecule has 0 radical (unpaired) electrons. The van der Waals surface area contributed by atoms with Gasteiger partial charge in [0, 0.05) is 18.7 Å². The predicted molar refractivity (Wildman–Crippen MR) is 123 cm³/mol. The molecule has 0 aliphatic carbocycles. The van der Waals surface area contributed by atoms with Crippen molar-refractivity contribution in [3.63, 3.8) is 0 Å². The van der Waals surface area contributed by atoms with Crippen molar-refractivity contribution in [3.8, 4) is 11.5 Å². The molecule has 2 aromatic rings. The number of likely N-dealkylation sites (tertiary alicyclic amines) is 1. The molecule has 170 valence electrons. The third-order valence-electron chi connectivity index (χ3n) is 5.24. The Balaban J connectivity index is 2.14. The van der Waals surface area contributed by atoms with Crippen LogP contribution in [0.25, 0.3) is 5.76 Å². The van der Waals surface area contributed by atoms with Crippen molar-refractivity contribution in [3.05, 3.63) is 64.2 Å². The molecule has 0 unspecified atom stereocenters. The van der Waals surface area contributed by atoms with E-state index in [0.717, 1.165) is 0 Å². The Morgan fingerprint density at radius 2 is 1.94 bits per heavy atom. The second-order valence-electron chi connectivity index (χ2n) is 7.65. The van der Waals surface area contributed by atoms with Crippen LogP contribution in [-0.2, 0) is 9.59 Å². The van der Waals surface area contributed by atoms with Gasteiger partial charge in [0.15, 0.2) is 0 Å². The van der Waals surface area contributed by atoms with E-state index in [9.17, 15) is 14.7 Å². The fourth-order valence-electron chi connectivity index (χ4n) is 3.65. The minimum atomic E-state index is -0.754. The molecule has 1 N–H and O–H groups in total. The molecule has 1 fully saturated rings. The number of likely N-dealkylation sites (N-methyl/N-ethyl adjacent to an activating group) is 1. The van der Waals surface area contributed by atoms with E-state index in [0.29, 0.717) is 47.3 Å². The molecule has 1 amide bonds. The second-order valence-corrected chi connectivity index (χ2v) is 8.06. The number of hydrogen-bond donors (Lipinski definition) is 1. The van der Waals surface area contributed by atoms with E-state index < -0.39 is 17.7 Å². The second kappa shape index (κ2) is 10.1. The number of methoxy groups -OCH3 is 1. The maximum atomic E-state index is 13.1. The van der Waals surface area contributed by atoms with Crippen LogP contribution in [0.5, 0.6) is 11.5 Å². The van der Waals surface area contributed by atoms with E-state index >= 15 is 0 Å². The first-order chi connectivity index (χ1) is 15.3. The molecule has 2 aromatic carbocycles. The number of benzene rings is 2. The summed E-state index contributed by atoms with van der Waals surface area (Å²) in [5.74, 6) is -0.614. The zero-order chi connectivity index (χ0) is 23.4. The van der Waals surface area contributed by atoms with Crippen molar-refractivity contribution in [2.75, 3.05) is 40.9 Å². The highest BCUT2D eigenvalue weighted by atomic mass is 35.5. The van der Waals surface area contributed by atoms with E-state index in [1.54, 1.807) is 43.5 Å². The number of carbonyl (C=O) groups excluding carboxylic acids is 2. The smallest absolute Gasteiger partial charge is 0.295 e. The average molecular weight is 459 g/mol. The Morgan fingerprint density at radius 1 is 1.19 bits per heavy atom. The van der Waals surface area contributed by atoms with Gasteiger partial charge >= 0.3 is 0 Å². The number of carbonyl (C=O) groups is 2. The highest BCUT2D eigenvalue weighted by Crippen LogP contribution is 2.40. The largest absolute Gasteiger partial charge is 0.507 e. The summed E-state index contributed by atoms with van der Waals surface area (Å²) in [5.41, 5.74) is 1.01. The summed E-state index contributed by atoms with van der Waals surface area (Å²) >= 11 is 6.29. The normalized spacial score (nSPS) is 17.8. The molecule has 32 heavy (non-hydrogen) atoms. The van der Waals surface area contributed by atoms with Crippen LogP contribution in [0, 0.1) is 0 Å². The van der Waals surface area contributed by atoms with Gasteiger partial charge in [-0.05, 0) is 56.9 Å². The van der Waals surface area contributed by atoms with Crippen molar-refractivity contribution in [1.82, 2.24) is 9.80 Å². The number of ether oxygens (including phenoxy) is 2. The fraction of sp³-hybridized carbons (Fsp3) is 0.333. The molecule has 1 aliphatic rings. The summed E-state index contributed by atoms with van der Waals surface area (Å²) in [5, 5.41) is 11.4. The number of Topliss-reactive ketones (excluding diaryl/α,β-unsaturated/α-hetero) is 1. The molecule has 3 rings (SSSR count). The number of ketones is 1. The lowest BCUT2D eigenvalue weighted by molar-refractivity contribution is -0.140. The molecule has 0 aromatic heterocycles. The molecule has 0 saturated carbocycles. The Kier molecular flexibility index (Phi) is 7.43. The lowest BCUT2D eigenvalue weighted by Crippen LogP contribution is -2.35. The van der Waals surface area contributed by atoms with Gasteiger partial charge in [0.1, 0.15) is 17.3 Å².